The molecule has 2 aliphatic rings. The van der Waals surface area contributed by atoms with Crippen LogP contribution in [0.15, 0.2) is 65.8 Å². The number of nitrogens with zero attached hydrogens (tertiary/aromatic N) is 6. The maximum absolute atomic E-state index is 13.0. The number of carbonyl (C=O) groups is 1. The molecule has 0 radical (unpaired) electrons. The van der Waals surface area contributed by atoms with Gasteiger partial charge < -0.3 is 14.5 Å². The van der Waals surface area contributed by atoms with Crippen LogP contribution in [-0.4, -0.2) is 88.7 Å². The summed E-state index contributed by atoms with van der Waals surface area (Å²) in [6.07, 6.45) is 0. The van der Waals surface area contributed by atoms with Crippen molar-refractivity contribution in [2.45, 2.75) is 18.2 Å². The van der Waals surface area contributed by atoms with Crippen LogP contribution in [0.3, 0.4) is 0 Å². The van der Waals surface area contributed by atoms with Crippen LogP contribution in [0.2, 0.25) is 0 Å². The highest BCUT2D eigenvalue weighted by atomic mass is 32.2. The summed E-state index contributed by atoms with van der Waals surface area (Å²) in [5, 5.41) is 9.77. The van der Waals surface area contributed by atoms with Crippen molar-refractivity contribution in [1.82, 2.24) is 24.6 Å². The summed E-state index contributed by atoms with van der Waals surface area (Å²) >= 11 is 1.48. The first-order chi connectivity index (χ1) is 17.3. The second-order valence-electron chi connectivity index (χ2n) is 8.88. The van der Waals surface area contributed by atoms with Crippen molar-refractivity contribution in [1.29, 1.82) is 0 Å². The predicted molar refractivity (Wildman–Crippen MR) is 138 cm³/mol. The molecule has 0 N–H and O–H groups in total. The SMILES string of the molecule is O=C(CSc1nnc(N2CCOCC2)n1Cc1ccccc1)N1CCN(Cc2ccccc2)CC1. The summed E-state index contributed by atoms with van der Waals surface area (Å²) in [4.78, 5) is 19.6. The first-order valence-corrected chi connectivity index (χ1v) is 13.2. The zero-order valence-corrected chi connectivity index (χ0v) is 20.8. The molecule has 5 rings (SSSR count). The molecule has 3 heterocycles. The maximum Gasteiger partial charge on any atom is 0.233 e. The topological polar surface area (TPSA) is 66.7 Å². The Balaban J connectivity index is 1.19. The Morgan fingerprint density at radius 1 is 0.800 bits per heavy atom. The van der Waals surface area contributed by atoms with E-state index in [4.69, 9.17) is 4.74 Å². The highest BCUT2D eigenvalue weighted by Gasteiger charge is 2.24. The molecule has 0 aliphatic carbocycles. The van der Waals surface area contributed by atoms with E-state index in [2.05, 4.69) is 61.0 Å². The monoisotopic (exact) mass is 492 g/mol. The normalized spacial score (nSPS) is 17.0. The molecule has 0 atom stereocenters. The molecular formula is C26H32N6O2S. The lowest BCUT2D eigenvalue weighted by Crippen LogP contribution is -2.48. The van der Waals surface area contributed by atoms with Crippen molar-refractivity contribution >= 4 is 23.6 Å². The Labute approximate surface area is 210 Å². The highest BCUT2D eigenvalue weighted by Crippen LogP contribution is 2.25. The largest absolute Gasteiger partial charge is 0.378 e. The lowest BCUT2D eigenvalue weighted by atomic mass is 10.2. The fourth-order valence-electron chi connectivity index (χ4n) is 4.50. The second-order valence-corrected chi connectivity index (χ2v) is 9.83. The fourth-order valence-corrected chi connectivity index (χ4v) is 5.34. The standard InChI is InChI=1S/C26H32N6O2S/c33-24(30-13-11-29(12-14-30)19-22-7-3-1-4-8-22)21-35-26-28-27-25(31-15-17-34-18-16-31)32(26)20-23-9-5-2-6-10-23/h1-10H,11-21H2. The van der Waals surface area contributed by atoms with Gasteiger partial charge in [0.15, 0.2) is 5.16 Å². The number of piperazine rings is 1. The molecule has 0 unspecified atom stereocenters. The maximum atomic E-state index is 13.0. The number of ether oxygens (including phenoxy) is 1. The van der Waals surface area contributed by atoms with Crippen LogP contribution in [0.4, 0.5) is 5.95 Å². The zero-order chi connectivity index (χ0) is 23.9. The lowest BCUT2D eigenvalue weighted by molar-refractivity contribution is -0.130. The van der Waals surface area contributed by atoms with Gasteiger partial charge in [-0.3, -0.25) is 14.3 Å². The molecule has 2 aliphatic heterocycles. The van der Waals surface area contributed by atoms with Gasteiger partial charge in [0.05, 0.1) is 25.5 Å². The Morgan fingerprint density at radius 3 is 2.09 bits per heavy atom. The molecule has 2 fully saturated rings. The third-order valence-electron chi connectivity index (χ3n) is 6.47. The number of hydrogen-bond acceptors (Lipinski definition) is 7. The van der Waals surface area contributed by atoms with E-state index in [1.54, 1.807) is 0 Å². The number of thioether (sulfide) groups is 1. The number of benzene rings is 2. The van der Waals surface area contributed by atoms with Crippen LogP contribution in [0.5, 0.6) is 0 Å². The van der Waals surface area contributed by atoms with Gasteiger partial charge in [0.2, 0.25) is 11.9 Å². The number of aromatic nitrogens is 3. The van der Waals surface area contributed by atoms with Crippen molar-refractivity contribution in [3.05, 3.63) is 71.8 Å². The van der Waals surface area contributed by atoms with E-state index in [0.29, 0.717) is 25.5 Å². The van der Waals surface area contributed by atoms with Crippen LogP contribution in [0, 0.1) is 0 Å². The Morgan fingerprint density at radius 2 is 1.43 bits per heavy atom. The summed E-state index contributed by atoms with van der Waals surface area (Å²) in [6, 6.07) is 20.8. The molecule has 0 bridgehead atoms. The minimum Gasteiger partial charge on any atom is -0.378 e. The number of amides is 1. The molecule has 35 heavy (non-hydrogen) atoms. The Bertz CT molecular complexity index is 1080. The Hall–Kier alpha value is -2.88. The van der Waals surface area contributed by atoms with E-state index < -0.39 is 0 Å². The second kappa shape index (κ2) is 11.7. The van der Waals surface area contributed by atoms with Crippen molar-refractivity contribution in [3.8, 4) is 0 Å². The summed E-state index contributed by atoms with van der Waals surface area (Å²) < 4.78 is 7.65. The van der Waals surface area contributed by atoms with Gasteiger partial charge in [0, 0.05) is 45.8 Å². The van der Waals surface area contributed by atoms with Gasteiger partial charge in [-0.05, 0) is 11.1 Å². The molecular weight excluding hydrogens is 460 g/mol. The fraction of sp³-hybridized carbons (Fsp3) is 0.423. The van der Waals surface area contributed by atoms with Gasteiger partial charge in [-0.1, -0.05) is 72.4 Å². The highest BCUT2D eigenvalue weighted by molar-refractivity contribution is 7.99. The molecule has 2 aromatic carbocycles. The minimum atomic E-state index is 0.163. The molecule has 1 amide bonds. The van der Waals surface area contributed by atoms with Crippen LogP contribution >= 0.6 is 11.8 Å². The lowest BCUT2D eigenvalue weighted by Gasteiger charge is -2.34. The third kappa shape index (κ3) is 6.22. The van der Waals surface area contributed by atoms with Crippen molar-refractivity contribution < 1.29 is 9.53 Å². The first-order valence-electron chi connectivity index (χ1n) is 12.2. The van der Waals surface area contributed by atoms with E-state index in [-0.39, 0.29) is 5.91 Å². The summed E-state index contributed by atoms with van der Waals surface area (Å²) in [6.45, 7) is 7.91. The average molecular weight is 493 g/mol. The Kier molecular flexibility index (Phi) is 7.97. The van der Waals surface area contributed by atoms with Gasteiger partial charge >= 0.3 is 0 Å². The van der Waals surface area contributed by atoms with E-state index in [9.17, 15) is 4.79 Å². The minimum absolute atomic E-state index is 0.163. The quantitative estimate of drug-likeness (QED) is 0.448. The third-order valence-corrected chi connectivity index (χ3v) is 7.43. The van der Waals surface area contributed by atoms with E-state index >= 15 is 0 Å². The molecule has 3 aromatic rings. The van der Waals surface area contributed by atoms with Gasteiger partial charge in [-0.2, -0.15) is 0 Å². The number of morpholine rings is 1. The number of hydrogen-bond donors (Lipinski definition) is 0. The van der Waals surface area contributed by atoms with Crippen LogP contribution < -0.4 is 4.90 Å². The molecule has 1 aromatic heterocycles. The number of anilines is 1. The first kappa shape index (κ1) is 23.8. The summed E-state index contributed by atoms with van der Waals surface area (Å²) in [7, 11) is 0. The number of rotatable bonds is 8. The summed E-state index contributed by atoms with van der Waals surface area (Å²) in [5.74, 6) is 1.38. The van der Waals surface area contributed by atoms with Gasteiger partial charge in [0.25, 0.3) is 0 Å². The number of carbonyl (C=O) groups excluding carboxylic acids is 1. The van der Waals surface area contributed by atoms with Crippen molar-refractivity contribution in [3.63, 3.8) is 0 Å². The average Bonchev–Trinajstić information content (AvgIpc) is 3.31. The predicted octanol–water partition coefficient (Wildman–Crippen LogP) is 2.60. The molecule has 184 valence electrons. The smallest absolute Gasteiger partial charge is 0.233 e. The van der Waals surface area contributed by atoms with E-state index in [1.807, 2.05) is 29.2 Å². The van der Waals surface area contributed by atoms with Crippen LogP contribution in [0.25, 0.3) is 0 Å². The van der Waals surface area contributed by atoms with E-state index in [1.165, 1.54) is 22.9 Å². The van der Waals surface area contributed by atoms with Crippen LogP contribution in [0.1, 0.15) is 11.1 Å². The molecule has 0 saturated carbocycles. The molecule has 9 heteroatoms. The molecule has 8 nitrogen and oxygen atoms in total. The summed E-state index contributed by atoms with van der Waals surface area (Å²) in [5.41, 5.74) is 2.50. The molecule has 0 spiro atoms. The van der Waals surface area contributed by atoms with Crippen molar-refractivity contribution in [2.75, 3.05) is 63.1 Å². The van der Waals surface area contributed by atoms with Gasteiger partial charge in [-0.15, -0.1) is 10.2 Å². The van der Waals surface area contributed by atoms with E-state index in [0.717, 1.165) is 56.9 Å². The van der Waals surface area contributed by atoms with Crippen LogP contribution in [-0.2, 0) is 22.6 Å². The van der Waals surface area contributed by atoms with Gasteiger partial charge in [-0.25, -0.2) is 0 Å². The molecule has 2 saturated heterocycles. The van der Waals surface area contributed by atoms with Crippen molar-refractivity contribution in [2.24, 2.45) is 0 Å². The zero-order valence-electron chi connectivity index (χ0n) is 20.0. The van der Waals surface area contributed by atoms with Gasteiger partial charge in [0.1, 0.15) is 0 Å².